The van der Waals surface area contributed by atoms with Gasteiger partial charge < -0.3 is 15.0 Å². The average molecular weight is 405 g/mol. The molecule has 4 nitrogen and oxygen atoms in total. The number of carboxylic acids is 1. The SMILES string of the molecule is O=C(O)c1c(CNCc2ccccc2)c2ccccc2n1Cc1ccc(Cl)cc1. The van der Waals surface area contributed by atoms with Crippen LogP contribution in [-0.4, -0.2) is 15.6 Å². The first kappa shape index (κ1) is 19.2. The molecule has 29 heavy (non-hydrogen) atoms. The lowest BCUT2D eigenvalue weighted by Crippen LogP contribution is -2.17. The van der Waals surface area contributed by atoms with Crippen LogP contribution in [0.1, 0.15) is 27.2 Å². The third-order valence-corrected chi connectivity index (χ3v) is 5.26. The molecular weight excluding hydrogens is 384 g/mol. The molecule has 0 aliphatic rings. The molecule has 3 aromatic carbocycles. The standard InChI is InChI=1S/C24H21ClN2O2/c25-19-12-10-18(11-13-19)16-27-22-9-5-4-8-20(22)21(23(27)24(28)29)15-26-14-17-6-2-1-3-7-17/h1-13,26H,14-16H2,(H,28,29). The molecular formula is C24H21ClN2O2. The van der Waals surface area contributed by atoms with Gasteiger partial charge >= 0.3 is 5.97 Å². The summed E-state index contributed by atoms with van der Waals surface area (Å²) >= 11 is 5.99. The Kier molecular flexibility index (Phi) is 5.65. The summed E-state index contributed by atoms with van der Waals surface area (Å²) in [5.74, 6) is -0.924. The third kappa shape index (κ3) is 4.19. The molecule has 4 rings (SSSR count). The van der Waals surface area contributed by atoms with E-state index in [4.69, 9.17) is 11.6 Å². The van der Waals surface area contributed by atoms with Gasteiger partial charge in [-0.2, -0.15) is 0 Å². The van der Waals surface area contributed by atoms with Crippen LogP contribution in [0, 0.1) is 0 Å². The molecule has 0 aliphatic heterocycles. The number of carbonyl (C=O) groups is 1. The summed E-state index contributed by atoms with van der Waals surface area (Å²) in [4.78, 5) is 12.2. The number of aromatic carboxylic acids is 1. The van der Waals surface area contributed by atoms with Crippen LogP contribution in [0.2, 0.25) is 5.02 Å². The lowest BCUT2D eigenvalue weighted by atomic mass is 10.1. The Morgan fingerprint density at radius 2 is 1.55 bits per heavy atom. The minimum absolute atomic E-state index is 0.321. The van der Waals surface area contributed by atoms with E-state index in [9.17, 15) is 9.90 Å². The second-order valence-electron chi connectivity index (χ2n) is 6.95. The molecule has 0 unspecified atom stereocenters. The van der Waals surface area contributed by atoms with Gasteiger partial charge in [0.05, 0.1) is 0 Å². The Labute approximate surface area is 174 Å². The molecule has 0 spiro atoms. The molecule has 0 aliphatic carbocycles. The molecule has 0 atom stereocenters. The van der Waals surface area contributed by atoms with Crippen molar-refractivity contribution in [3.8, 4) is 0 Å². The molecule has 146 valence electrons. The van der Waals surface area contributed by atoms with Crippen LogP contribution in [-0.2, 0) is 19.6 Å². The van der Waals surface area contributed by atoms with Crippen LogP contribution in [0.5, 0.6) is 0 Å². The van der Waals surface area contributed by atoms with Gasteiger partial charge in [0.1, 0.15) is 5.69 Å². The fourth-order valence-corrected chi connectivity index (χ4v) is 3.79. The first-order valence-corrected chi connectivity index (χ1v) is 9.84. The lowest BCUT2D eigenvalue weighted by molar-refractivity contribution is 0.0685. The normalized spacial score (nSPS) is 11.1. The maximum atomic E-state index is 12.2. The van der Waals surface area contributed by atoms with Crippen LogP contribution in [0.25, 0.3) is 10.9 Å². The van der Waals surface area contributed by atoms with Gasteiger partial charge in [0.2, 0.25) is 0 Å². The minimum Gasteiger partial charge on any atom is -0.477 e. The monoisotopic (exact) mass is 404 g/mol. The van der Waals surface area contributed by atoms with E-state index in [2.05, 4.69) is 17.4 Å². The Morgan fingerprint density at radius 3 is 2.28 bits per heavy atom. The molecule has 0 radical (unpaired) electrons. The number of hydrogen-bond acceptors (Lipinski definition) is 2. The van der Waals surface area contributed by atoms with E-state index in [-0.39, 0.29) is 0 Å². The van der Waals surface area contributed by atoms with Gasteiger partial charge in [-0.3, -0.25) is 0 Å². The summed E-state index contributed by atoms with van der Waals surface area (Å²) in [5, 5.41) is 15.0. The Balaban J connectivity index is 1.70. The van der Waals surface area contributed by atoms with Crippen molar-refractivity contribution in [1.29, 1.82) is 0 Å². The highest BCUT2D eigenvalue weighted by Crippen LogP contribution is 2.28. The largest absolute Gasteiger partial charge is 0.477 e. The van der Waals surface area contributed by atoms with Crippen molar-refractivity contribution in [2.24, 2.45) is 0 Å². The number of rotatable bonds is 7. The van der Waals surface area contributed by atoms with E-state index in [0.29, 0.717) is 30.4 Å². The Morgan fingerprint density at radius 1 is 0.862 bits per heavy atom. The maximum absolute atomic E-state index is 12.2. The van der Waals surface area contributed by atoms with Gasteiger partial charge in [0.25, 0.3) is 0 Å². The van der Waals surface area contributed by atoms with E-state index in [1.807, 2.05) is 71.3 Å². The molecule has 0 fully saturated rings. The highest BCUT2D eigenvalue weighted by molar-refractivity contribution is 6.30. The Hall–Kier alpha value is -3.08. The quantitative estimate of drug-likeness (QED) is 0.437. The number of benzene rings is 3. The molecule has 0 saturated carbocycles. The number of nitrogens with one attached hydrogen (secondary N) is 1. The number of hydrogen-bond donors (Lipinski definition) is 2. The van der Waals surface area contributed by atoms with E-state index in [1.165, 1.54) is 0 Å². The lowest BCUT2D eigenvalue weighted by Gasteiger charge is -2.10. The molecule has 0 amide bonds. The number of halogens is 1. The topological polar surface area (TPSA) is 54.3 Å². The highest BCUT2D eigenvalue weighted by atomic mass is 35.5. The number of fused-ring (bicyclic) bond motifs is 1. The first-order chi connectivity index (χ1) is 14.1. The fraction of sp³-hybridized carbons (Fsp3) is 0.125. The van der Waals surface area contributed by atoms with Crippen LogP contribution >= 0.6 is 11.6 Å². The summed E-state index contributed by atoms with van der Waals surface area (Å²) in [6, 6.07) is 25.4. The molecule has 5 heteroatoms. The van der Waals surface area contributed by atoms with Gasteiger partial charge in [0, 0.05) is 41.1 Å². The fourth-order valence-electron chi connectivity index (χ4n) is 3.66. The van der Waals surface area contributed by atoms with E-state index >= 15 is 0 Å². The predicted octanol–water partition coefficient (Wildman–Crippen LogP) is 5.33. The van der Waals surface area contributed by atoms with Crippen LogP contribution in [0.3, 0.4) is 0 Å². The van der Waals surface area contributed by atoms with Gasteiger partial charge in [-0.05, 0) is 29.3 Å². The number of para-hydroxylation sites is 1. The molecule has 0 saturated heterocycles. The van der Waals surface area contributed by atoms with Crippen molar-refractivity contribution in [3.63, 3.8) is 0 Å². The minimum atomic E-state index is -0.924. The van der Waals surface area contributed by atoms with Crippen molar-refractivity contribution in [3.05, 3.63) is 106 Å². The second kappa shape index (κ2) is 8.52. The number of carboxylic acid groups (broad SMARTS) is 1. The van der Waals surface area contributed by atoms with Crippen molar-refractivity contribution >= 4 is 28.5 Å². The number of nitrogens with zero attached hydrogens (tertiary/aromatic N) is 1. The van der Waals surface area contributed by atoms with Crippen molar-refractivity contribution in [2.75, 3.05) is 0 Å². The van der Waals surface area contributed by atoms with Gasteiger partial charge in [-0.1, -0.05) is 72.3 Å². The van der Waals surface area contributed by atoms with Crippen molar-refractivity contribution < 1.29 is 9.90 Å². The maximum Gasteiger partial charge on any atom is 0.352 e. The van der Waals surface area contributed by atoms with Crippen LogP contribution in [0.15, 0.2) is 78.9 Å². The Bertz CT molecular complexity index is 1130. The molecule has 0 bridgehead atoms. The summed E-state index contributed by atoms with van der Waals surface area (Å²) in [5.41, 5.74) is 4.20. The molecule has 4 aromatic rings. The summed E-state index contributed by atoms with van der Waals surface area (Å²) in [7, 11) is 0. The predicted molar refractivity (Wildman–Crippen MR) is 116 cm³/mol. The van der Waals surface area contributed by atoms with Crippen molar-refractivity contribution in [1.82, 2.24) is 9.88 Å². The van der Waals surface area contributed by atoms with E-state index < -0.39 is 5.97 Å². The van der Waals surface area contributed by atoms with Gasteiger partial charge in [-0.25, -0.2) is 4.79 Å². The van der Waals surface area contributed by atoms with Crippen LogP contribution in [0.4, 0.5) is 0 Å². The highest BCUT2D eigenvalue weighted by Gasteiger charge is 2.22. The smallest absolute Gasteiger partial charge is 0.352 e. The van der Waals surface area contributed by atoms with Crippen molar-refractivity contribution in [2.45, 2.75) is 19.6 Å². The van der Waals surface area contributed by atoms with E-state index in [0.717, 1.165) is 27.6 Å². The zero-order valence-corrected chi connectivity index (χ0v) is 16.6. The van der Waals surface area contributed by atoms with E-state index in [1.54, 1.807) is 0 Å². The van der Waals surface area contributed by atoms with Crippen LogP contribution < -0.4 is 5.32 Å². The summed E-state index contributed by atoms with van der Waals surface area (Å²) < 4.78 is 1.88. The summed E-state index contributed by atoms with van der Waals surface area (Å²) in [6.07, 6.45) is 0. The summed E-state index contributed by atoms with van der Waals surface area (Å²) in [6.45, 7) is 1.62. The number of aromatic nitrogens is 1. The zero-order chi connectivity index (χ0) is 20.2. The molecule has 2 N–H and O–H groups in total. The average Bonchev–Trinajstić information content (AvgIpc) is 3.04. The third-order valence-electron chi connectivity index (χ3n) is 5.01. The second-order valence-corrected chi connectivity index (χ2v) is 7.39. The molecule has 1 heterocycles. The first-order valence-electron chi connectivity index (χ1n) is 9.46. The van der Waals surface area contributed by atoms with Gasteiger partial charge in [-0.15, -0.1) is 0 Å². The zero-order valence-electron chi connectivity index (χ0n) is 15.8. The molecule has 1 aromatic heterocycles. The van der Waals surface area contributed by atoms with Gasteiger partial charge in [0.15, 0.2) is 0 Å².